The largest absolute Gasteiger partial charge is 0.507 e. The standard InChI is InChI=1S/C20H22O4/c1-10(2)11-4-5-14-17(18(11)22)16(21)8-15-13-9-24-19(23)12(13)6-7-20(14,15)3/h4-5,10,15,22H,6-9H2,1-3H3/t15-,20+/m0/s1. The van der Waals surface area contributed by atoms with Crippen LogP contribution in [0.5, 0.6) is 5.75 Å². The van der Waals surface area contributed by atoms with E-state index < -0.39 is 0 Å². The molecule has 2 aliphatic carbocycles. The van der Waals surface area contributed by atoms with Crippen LogP contribution in [0.2, 0.25) is 0 Å². The fourth-order valence-corrected chi connectivity index (χ4v) is 4.76. The molecule has 1 aromatic rings. The highest BCUT2D eigenvalue weighted by Gasteiger charge is 2.51. The van der Waals surface area contributed by atoms with Crippen molar-refractivity contribution in [1.29, 1.82) is 0 Å². The predicted molar refractivity (Wildman–Crippen MR) is 89.2 cm³/mol. The van der Waals surface area contributed by atoms with Gasteiger partial charge in [-0.05, 0) is 35.5 Å². The monoisotopic (exact) mass is 326 g/mol. The van der Waals surface area contributed by atoms with Crippen molar-refractivity contribution in [3.05, 3.63) is 40.0 Å². The topological polar surface area (TPSA) is 63.6 Å². The van der Waals surface area contributed by atoms with E-state index in [0.29, 0.717) is 25.0 Å². The van der Waals surface area contributed by atoms with Crippen LogP contribution >= 0.6 is 0 Å². The van der Waals surface area contributed by atoms with Gasteiger partial charge in [-0.15, -0.1) is 0 Å². The van der Waals surface area contributed by atoms with E-state index in [4.69, 9.17) is 4.74 Å². The number of aromatic hydroxyl groups is 1. The number of ketones is 1. The lowest BCUT2D eigenvalue weighted by atomic mass is 9.56. The fourth-order valence-electron chi connectivity index (χ4n) is 4.76. The first kappa shape index (κ1) is 15.4. The van der Waals surface area contributed by atoms with Crippen LogP contribution in [0.1, 0.15) is 67.4 Å². The number of ether oxygens (including phenoxy) is 1. The number of carbonyl (C=O) groups is 2. The smallest absolute Gasteiger partial charge is 0.334 e. The van der Waals surface area contributed by atoms with Crippen molar-refractivity contribution < 1.29 is 19.4 Å². The van der Waals surface area contributed by atoms with E-state index in [1.54, 1.807) is 0 Å². The molecular weight excluding hydrogens is 304 g/mol. The second kappa shape index (κ2) is 4.95. The first-order valence-electron chi connectivity index (χ1n) is 8.63. The number of fused-ring (bicyclic) bond motifs is 4. The number of hydrogen-bond donors (Lipinski definition) is 1. The number of Topliss-reactive ketones (excluding diaryl/α,β-unsaturated/α-hetero) is 1. The minimum Gasteiger partial charge on any atom is -0.507 e. The van der Waals surface area contributed by atoms with Gasteiger partial charge < -0.3 is 9.84 Å². The highest BCUT2D eigenvalue weighted by Crippen LogP contribution is 2.55. The minimum absolute atomic E-state index is 0.00278. The average molecular weight is 326 g/mol. The van der Waals surface area contributed by atoms with Crippen molar-refractivity contribution in [1.82, 2.24) is 0 Å². The highest BCUT2D eigenvalue weighted by atomic mass is 16.5. The minimum atomic E-state index is -0.233. The van der Waals surface area contributed by atoms with E-state index in [0.717, 1.165) is 28.7 Å². The summed E-state index contributed by atoms with van der Waals surface area (Å²) in [5.74, 6) is 0.0572. The zero-order valence-electron chi connectivity index (χ0n) is 14.3. The molecule has 0 amide bonds. The third-order valence-corrected chi connectivity index (χ3v) is 6.19. The number of phenols is 1. The molecule has 0 bridgehead atoms. The molecule has 126 valence electrons. The highest BCUT2D eigenvalue weighted by molar-refractivity contribution is 6.03. The lowest BCUT2D eigenvalue weighted by molar-refractivity contribution is -0.136. The van der Waals surface area contributed by atoms with Crippen molar-refractivity contribution in [3.63, 3.8) is 0 Å². The van der Waals surface area contributed by atoms with Gasteiger partial charge in [0.25, 0.3) is 0 Å². The van der Waals surface area contributed by atoms with Gasteiger partial charge >= 0.3 is 5.97 Å². The van der Waals surface area contributed by atoms with E-state index in [1.165, 1.54) is 0 Å². The average Bonchev–Trinajstić information content (AvgIpc) is 2.90. The number of phenolic OH excluding ortho intramolecular Hbond substituents is 1. The van der Waals surface area contributed by atoms with E-state index in [9.17, 15) is 14.7 Å². The van der Waals surface area contributed by atoms with Gasteiger partial charge in [-0.2, -0.15) is 0 Å². The van der Waals surface area contributed by atoms with Crippen LogP contribution in [0.3, 0.4) is 0 Å². The molecule has 3 aliphatic rings. The first-order valence-corrected chi connectivity index (χ1v) is 8.63. The van der Waals surface area contributed by atoms with Gasteiger partial charge in [0, 0.05) is 23.3 Å². The number of esters is 1. The molecule has 24 heavy (non-hydrogen) atoms. The van der Waals surface area contributed by atoms with Crippen LogP contribution in [-0.4, -0.2) is 23.5 Å². The van der Waals surface area contributed by atoms with Gasteiger partial charge in [-0.1, -0.05) is 32.9 Å². The molecule has 0 aromatic heterocycles. The molecule has 0 fully saturated rings. The van der Waals surface area contributed by atoms with E-state index in [-0.39, 0.29) is 34.8 Å². The SMILES string of the molecule is CC(C)c1ccc2c(c1O)C(=O)C[C@H]1C3=C(CC[C@]21C)C(=O)OC3. The van der Waals surface area contributed by atoms with Gasteiger partial charge in [0.2, 0.25) is 0 Å². The Kier molecular flexibility index (Phi) is 3.18. The molecule has 1 aliphatic heterocycles. The zero-order chi connectivity index (χ0) is 17.2. The van der Waals surface area contributed by atoms with Crippen LogP contribution in [0, 0.1) is 5.92 Å². The van der Waals surface area contributed by atoms with E-state index in [1.807, 2.05) is 26.0 Å². The second-order valence-electron chi connectivity index (χ2n) is 7.76. The molecular formula is C20H22O4. The molecule has 0 saturated heterocycles. The fraction of sp³-hybridized carbons (Fsp3) is 0.500. The van der Waals surface area contributed by atoms with Crippen LogP contribution < -0.4 is 0 Å². The van der Waals surface area contributed by atoms with Crippen LogP contribution in [-0.2, 0) is 14.9 Å². The third-order valence-electron chi connectivity index (χ3n) is 6.19. The first-order chi connectivity index (χ1) is 11.3. The maximum Gasteiger partial charge on any atom is 0.334 e. The quantitative estimate of drug-likeness (QED) is 0.801. The Morgan fingerprint density at radius 3 is 2.75 bits per heavy atom. The summed E-state index contributed by atoms with van der Waals surface area (Å²) in [6.07, 6.45) is 1.82. The summed E-state index contributed by atoms with van der Waals surface area (Å²) < 4.78 is 5.22. The van der Waals surface area contributed by atoms with E-state index >= 15 is 0 Å². The molecule has 4 rings (SSSR count). The van der Waals surface area contributed by atoms with Gasteiger partial charge in [0.15, 0.2) is 5.78 Å². The predicted octanol–water partition coefficient (Wildman–Crippen LogP) is 3.62. The molecule has 0 spiro atoms. The Bertz CT molecular complexity index is 802. The number of cyclic esters (lactones) is 1. The molecule has 4 heteroatoms. The summed E-state index contributed by atoms with van der Waals surface area (Å²) in [7, 11) is 0. The molecule has 1 heterocycles. The van der Waals surface area contributed by atoms with E-state index in [2.05, 4.69) is 6.92 Å². The summed E-state index contributed by atoms with van der Waals surface area (Å²) in [6, 6.07) is 3.96. The Morgan fingerprint density at radius 1 is 1.29 bits per heavy atom. The molecule has 1 N–H and O–H groups in total. The lowest BCUT2D eigenvalue weighted by Gasteiger charge is -2.46. The Balaban J connectivity index is 1.90. The van der Waals surface area contributed by atoms with Gasteiger partial charge in [0.1, 0.15) is 12.4 Å². The molecule has 2 atom stereocenters. The van der Waals surface area contributed by atoms with Gasteiger partial charge in [-0.25, -0.2) is 4.79 Å². The lowest BCUT2D eigenvalue weighted by Crippen LogP contribution is -2.43. The van der Waals surface area contributed by atoms with Crippen molar-refractivity contribution in [2.75, 3.05) is 6.61 Å². The van der Waals surface area contributed by atoms with Crippen LogP contribution in [0.4, 0.5) is 0 Å². The molecule has 0 unspecified atom stereocenters. The second-order valence-corrected chi connectivity index (χ2v) is 7.76. The maximum absolute atomic E-state index is 12.8. The molecule has 1 aromatic carbocycles. The number of rotatable bonds is 1. The van der Waals surface area contributed by atoms with Crippen molar-refractivity contribution in [2.45, 2.75) is 51.4 Å². The number of carbonyl (C=O) groups excluding carboxylic acids is 2. The number of benzene rings is 1. The maximum atomic E-state index is 12.8. The summed E-state index contributed by atoms with van der Waals surface area (Å²) in [5, 5.41) is 10.7. The van der Waals surface area contributed by atoms with Gasteiger partial charge in [0.05, 0.1) is 5.56 Å². The summed E-state index contributed by atoms with van der Waals surface area (Å²) in [4.78, 5) is 24.7. The Labute approximate surface area is 141 Å². The third kappa shape index (κ3) is 1.86. The normalized spacial score (nSPS) is 28.6. The Morgan fingerprint density at radius 2 is 2.04 bits per heavy atom. The van der Waals surface area contributed by atoms with Crippen molar-refractivity contribution >= 4 is 11.8 Å². The zero-order valence-corrected chi connectivity index (χ0v) is 14.3. The van der Waals surface area contributed by atoms with Crippen LogP contribution in [0.25, 0.3) is 0 Å². The number of hydrogen-bond acceptors (Lipinski definition) is 4. The van der Waals surface area contributed by atoms with Crippen molar-refractivity contribution in [3.8, 4) is 5.75 Å². The summed E-state index contributed by atoms with van der Waals surface area (Å²) in [6.45, 7) is 6.49. The molecule has 4 nitrogen and oxygen atoms in total. The molecule has 0 radical (unpaired) electrons. The van der Waals surface area contributed by atoms with Crippen molar-refractivity contribution in [2.24, 2.45) is 5.92 Å². The summed E-state index contributed by atoms with van der Waals surface area (Å²) >= 11 is 0. The molecule has 0 saturated carbocycles. The van der Waals surface area contributed by atoms with Crippen LogP contribution in [0.15, 0.2) is 23.3 Å². The summed E-state index contributed by atoms with van der Waals surface area (Å²) in [5.41, 5.74) is 3.78. The van der Waals surface area contributed by atoms with Gasteiger partial charge in [-0.3, -0.25) is 4.79 Å². The Hall–Kier alpha value is -2.10.